The Bertz CT molecular complexity index is 899. The summed E-state index contributed by atoms with van der Waals surface area (Å²) in [7, 11) is 0. The molecule has 2 aliphatic carbocycles. The van der Waals surface area contributed by atoms with Gasteiger partial charge in [0, 0.05) is 6.54 Å². The van der Waals surface area contributed by atoms with Gasteiger partial charge in [-0.1, -0.05) is 78.3 Å². The lowest BCUT2D eigenvalue weighted by atomic mass is 9.87. The van der Waals surface area contributed by atoms with Crippen LogP contribution in [0.25, 0.3) is 11.1 Å². The number of likely N-dealkylation sites (tertiary alicyclic amines) is 1. The van der Waals surface area contributed by atoms with Crippen LogP contribution in [0.3, 0.4) is 0 Å². The Balaban J connectivity index is 1.27. The molecule has 150 valence electrons. The molecule has 0 radical (unpaired) electrons. The van der Waals surface area contributed by atoms with E-state index in [1.165, 1.54) is 82.1 Å². The van der Waals surface area contributed by atoms with Gasteiger partial charge in [0.05, 0.1) is 0 Å². The van der Waals surface area contributed by atoms with Crippen molar-refractivity contribution in [1.82, 2.24) is 4.90 Å². The lowest BCUT2D eigenvalue weighted by Crippen LogP contribution is -2.31. The van der Waals surface area contributed by atoms with E-state index in [-0.39, 0.29) is 0 Å². The van der Waals surface area contributed by atoms with Crippen molar-refractivity contribution < 1.29 is 0 Å². The Labute approximate surface area is 176 Å². The van der Waals surface area contributed by atoms with Crippen LogP contribution in [-0.2, 0) is 6.42 Å². The monoisotopic (exact) mass is 383 g/mol. The van der Waals surface area contributed by atoms with Gasteiger partial charge in [0.25, 0.3) is 0 Å². The molecule has 2 aromatic carbocycles. The molecule has 0 bridgehead atoms. The maximum absolute atomic E-state index is 2.66. The summed E-state index contributed by atoms with van der Waals surface area (Å²) in [5.74, 6) is 0.706. The second-order valence-electron chi connectivity index (χ2n) is 9.17. The summed E-state index contributed by atoms with van der Waals surface area (Å²) in [4.78, 5) is 2.66. The van der Waals surface area contributed by atoms with Crippen molar-refractivity contribution in [1.29, 1.82) is 0 Å². The van der Waals surface area contributed by atoms with Crippen molar-refractivity contribution in [3.05, 3.63) is 83.0 Å². The van der Waals surface area contributed by atoms with Gasteiger partial charge in [0.1, 0.15) is 0 Å². The highest BCUT2D eigenvalue weighted by atomic mass is 15.1. The highest BCUT2D eigenvalue weighted by Gasteiger charge is 2.26. The van der Waals surface area contributed by atoms with Gasteiger partial charge in [-0.3, -0.25) is 4.90 Å². The second kappa shape index (κ2) is 8.71. The highest BCUT2D eigenvalue weighted by molar-refractivity contribution is 5.70. The molecule has 1 unspecified atom stereocenters. The minimum atomic E-state index is 0.706. The maximum atomic E-state index is 2.66. The van der Waals surface area contributed by atoms with Gasteiger partial charge in [-0.05, 0) is 86.2 Å². The van der Waals surface area contributed by atoms with Crippen LogP contribution in [0, 0.1) is 0 Å². The minimum Gasteiger partial charge on any atom is -0.299 e. The van der Waals surface area contributed by atoms with Gasteiger partial charge >= 0.3 is 0 Å². The van der Waals surface area contributed by atoms with E-state index in [0.717, 1.165) is 0 Å². The summed E-state index contributed by atoms with van der Waals surface area (Å²) in [6, 6.07) is 17.9. The van der Waals surface area contributed by atoms with Crippen LogP contribution in [0.4, 0.5) is 0 Å². The summed E-state index contributed by atoms with van der Waals surface area (Å²) >= 11 is 0. The van der Waals surface area contributed by atoms with E-state index in [1.807, 2.05) is 0 Å². The fourth-order valence-corrected chi connectivity index (χ4v) is 5.59. The lowest BCUT2D eigenvalue weighted by Gasteiger charge is -2.28. The Hall–Kier alpha value is -2.12. The summed E-state index contributed by atoms with van der Waals surface area (Å²) in [5.41, 5.74) is 9.33. The number of hydrogen-bond acceptors (Lipinski definition) is 1. The second-order valence-corrected chi connectivity index (χ2v) is 9.17. The van der Waals surface area contributed by atoms with Crippen molar-refractivity contribution in [2.45, 2.75) is 57.3 Å². The van der Waals surface area contributed by atoms with Crippen LogP contribution in [0.1, 0.15) is 62.0 Å². The van der Waals surface area contributed by atoms with Crippen LogP contribution in [0.5, 0.6) is 0 Å². The average molecular weight is 384 g/mol. The number of allylic oxidation sites excluding steroid dienone is 3. The van der Waals surface area contributed by atoms with E-state index >= 15 is 0 Å². The van der Waals surface area contributed by atoms with E-state index in [0.29, 0.717) is 5.92 Å². The fraction of sp³-hybridized carbons (Fsp3) is 0.429. The third kappa shape index (κ3) is 4.26. The standard InChI is InChI=1S/C28H33N/c1-3-8-24(9-4-1)26-10-7-11-27-25(16-17-28(26)27)20-22-12-14-23(15-13-22)21-29-18-5-2-6-19-29/h1,3-4,7-12,14,25H,2,5-6,13,15-21H2. The summed E-state index contributed by atoms with van der Waals surface area (Å²) in [5, 5.41) is 0. The van der Waals surface area contributed by atoms with E-state index < -0.39 is 0 Å². The zero-order chi connectivity index (χ0) is 19.5. The third-order valence-electron chi connectivity index (χ3n) is 7.19. The number of fused-ring (bicyclic) bond motifs is 1. The van der Waals surface area contributed by atoms with Crippen molar-refractivity contribution in [2.24, 2.45) is 0 Å². The Morgan fingerprint density at radius 1 is 0.759 bits per heavy atom. The molecule has 29 heavy (non-hydrogen) atoms. The molecule has 0 spiro atoms. The molecule has 0 saturated carbocycles. The smallest absolute Gasteiger partial charge is 0.0196 e. The molecule has 0 aromatic heterocycles. The van der Waals surface area contributed by atoms with Gasteiger partial charge in [0.2, 0.25) is 0 Å². The summed E-state index contributed by atoms with van der Waals surface area (Å²) in [6.07, 6.45) is 15.4. The number of hydrogen-bond donors (Lipinski definition) is 0. The Kier molecular flexibility index (Phi) is 5.67. The van der Waals surface area contributed by atoms with Gasteiger partial charge in [-0.15, -0.1) is 0 Å². The molecule has 0 N–H and O–H groups in total. The van der Waals surface area contributed by atoms with E-state index in [4.69, 9.17) is 0 Å². The average Bonchev–Trinajstić information content (AvgIpc) is 3.19. The molecule has 5 rings (SSSR count). The van der Waals surface area contributed by atoms with Gasteiger partial charge in [-0.25, -0.2) is 0 Å². The SMILES string of the molecule is C1=C(CC2CCc3c(-c4ccccc4)cccc32)CCC(CN2CCCCC2)=C1. The number of piperidine rings is 1. The van der Waals surface area contributed by atoms with Gasteiger partial charge in [-0.2, -0.15) is 0 Å². The van der Waals surface area contributed by atoms with E-state index in [1.54, 1.807) is 22.3 Å². The molecular weight excluding hydrogens is 350 g/mol. The third-order valence-corrected chi connectivity index (χ3v) is 7.19. The normalized spacial score (nSPS) is 22.1. The number of nitrogens with zero attached hydrogens (tertiary/aromatic N) is 1. The molecule has 1 heterocycles. The van der Waals surface area contributed by atoms with Crippen molar-refractivity contribution in [3.63, 3.8) is 0 Å². The van der Waals surface area contributed by atoms with Crippen LogP contribution in [0.15, 0.2) is 71.8 Å². The molecule has 1 heteroatoms. The van der Waals surface area contributed by atoms with E-state index in [2.05, 4.69) is 65.6 Å². The summed E-state index contributed by atoms with van der Waals surface area (Å²) < 4.78 is 0. The van der Waals surface area contributed by atoms with E-state index in [9.17, 15) is 0 Å². The first-order valence-electron chi connectivity index (χ1n) is 11.6. The molecule has 1 fully saturated rings. The highest BCUT2D eigenvalue weighted by Crippen LogP contribution is 2.42. The molecule has 1 atom stereocenters. The number of benzene rings is 2. The first kappa shape index (κ1) is 18.9. The molecule has 1 nitrogen and oxygen atoms in total. The zero-order valence-corrected chi connectivity index (χ0v) is 17.6. The predicted octanol–water partition coefficient (Wildman–Crippen LogP) is 6.91. The first-order chi connectivity index (χ1) is 14.4. The van der Waals surface area contributed by atoms with Crippen LogP contribution in [0.2, 0.25) is 0 Å². The molecule has 0 amide bonds. The van der Waals surface area contributed by atoms with Crippen molar-refractivity contribution in [3.8, 4) is 11.1 Å². The van der Waals surface area contributed by atoms with Crippen molar-refractivity contribution >= 4 is 0 Å². The molecule has 1 saturated heterocycles. The van der Waals surface area contributed by atoms with Crippen LogP contribution in [-0.4, -0.2) is 24.5 Å². The topological polar surface area (TPSA) is 3.24 Å². The van der Waals surface area contributed by atoms with Gasteiger partial charge in [0.15, 0.2) is 0 Å². The lowest BCUT2D eigenvalue weighted by molar-refractivity contribution is 0.244. The first-order valence-corrected chi connectivity index (χ1v) is 11.6. The Morgan fingerprint density at radius 2 is 1.55 bits per heavy atom. The fourth-order valence-electron chi connectivity index (χ4n) is 5.59. The molecule has 2 aromatic rings. The number of rotatable bonds is 5. The zero-order valence-electron chi connectivity index (χ0n) is 17.6. The Morgan fingerprint density at radius 3 is 2.34 bits per heavy atom. The molecule has 3 aliphatic rings. The largest absolute Gasteiger partial charge is 0.299 e. The summed E-state index contributed by atoms with van der Waals surface area (Å²) in [6.45, 7) is 3.81. The minimum absolute atomic E-state index is 0.706. The molecule has 1 aliphatic heterocycles. The predicted molar refractivity (Wildman–Crippen MR) is 123 cm³/mol. The van der Waals surface area contributed by atoms with Crippen LogP contribution < -0.4 is 0 Å². The quantitative estimate of drug-likeness (QED) is 0.542. The molecular formula is C28H33N. The van der Waals surface area contributed by atoms with Gasteiger partial charge < -0.3 is 0 Å². The maximum Gasteiger partial charge on any atom is 0.0196 e. The van der Waals surface area contributed by atoms with Crippen molar-refractivity contribution in [2.75, 3.05) is 19.6 Å². The van der Waals surface area contributed by atoms with Crippen LogP contribution >= 0.6 is 0 Å².